The summed E-state index contributed by atoms with van der Waals surface area (Å²) in [6.45, 7) is 12.6. The molecule has 21 heavy (non-hydrogen) atoms. The Labute approximate surface area is 130 Å². The van der Waals surface area contributed by atoms with E-state index >= 15 is 0 Å². The topological polar surface area (TPSA) is 15.3 Å². The Bertz CT molecular complexity index is 428. The van der Waals surface area contributed by atoms with Crippen molar-refractivity contribution < 1.29 is 0 Å². The molecule has 1 aromatic carbocycles. The first-order valence-electron chi connectivity index (χ1n) is 8.04. The van der Waals surface area contributed by atoms with E-state index in [1.807, 2.05) is 0 Å². The first-order chi connectivity index (χ1) is 10.1. The largest absolute Gasteiger partial charge is 0.314 e. The van der Waals surface area contributed by atoms with Gasteiger partial charge in [0.25, 0.3) is 0 Å². The molecule has 0 saturated carbocycles. The van der Waals surface area contributed by atoms with E-state index in [9.17, 15) is 0 Å². The summed E-state index contributed by atoms with van der Waals surface area (Å²) < 4.78 is 0. The van der Waals surface area contributed by atoms with E-state index in [1.54, 1.807) is 0 Å². The lowest BCUT2D eigenvalue weighted by Crippen LogP contribution is -2.27. The second kappa shape index (κ2) is 9.60. The van der Waals surface area contributed by atoms with Crippen LogP contribution in [0.5, 0.6) is 0 Å². The number of nitrogens with one attached hydrogen (secondary N) is 1. The highest BCUT2D eigenvalue weighted by atomic mass is 15.1. The number of hydrogen-bond acceptors (Lipinski definition) is 2. The Morgan fingerprint density at radius 3 is 2.38 bits per heavy atom. The highest BCUT2D eigenvalue weighted by molar-refractivity contribution is 5.25. The molecule has 1 N–H and O–H groups in total. The van der Waals surface area contributed by atoms with Gasteiger partial charge in [-0.3, -0.25) is 4.90 Å². The number of hydrogen-bond donors (Lipinski definition) is 1. The molecular weight excluding hydrogens is 256 g/mol. The van der Waals surface area contributed by atoms with Gasteiger partial charge in [-0.2, -0.15) is 0 Å². The average Bonchev–Trinajstić information content (AvgIpc) is 2.46. The third kappa shape index (κ3) is 6.80. The van der Waals surface area contributed by atoms with Gasteiger partial charge in [-0.15, -0.1) is 6.42 Å². The Kier molecular flexibility index (Phi) is 8.12. The lowest BCUT2D eigenvalue weighted by molar-refractivity contribution is 0.299. The van der Waals surface area contributed by atoms with Crippen molar-refractivity contribution in [3.63, 3.8) is 0 Å². The highest BCUT2D eigenvalue weighted by Crippen LogP contribution is 2.16. The minimum atomic E-state index is 0.540. The lowest BCUT2D eigenvalue weighted by Gasteiger charge is -2.20. The Balaban J connectivity index is 2.58. The molecule has 0 amide bonds. The van der Waals surface area contributed by atoms with E-state index in [0.29, 0.717) is 12.0 Å². The fourth-order valence-electron chi connectivity index (χ4n) is 2.40. The molecule has 1 aromatic rings. The van der Waals surface area contributed by atoms with Gasteiger partial charge in [0.1, 0.15) is 0 Å². The first kappa shape index (κ1) is 17.8. The molecule has 0 aliphatic heterocycles. The van der Waals surface area contributed by atoms with Crippen LogP contribution in [0.1, 0.15) is 51.2 Å². The minimum absolute atomic E-state index is 0.540. The van der Waals surface area contributed by atoms with Crippen LogP contribution in [0.3, 0.4) is 0 Å². The smallest absolute Gasteiger partial charge is 0.0601 e. The van der Waals surface area contributed by atoms with Crippen molar-refractivity contribution >= 4 is 0 Å². The zero-order valence-electron chi connectivity index (χ0n) is 14.0. The summed E-state index contributed by atoms with van der Waals surface area (Å²) in [7, 11) is 0. The van der Waals surface area contributed by atoms with Crippen LogP contribution < -0.4 is 5.32 Å². The molecular formula is C19H30N2. The number of benzene rings is 1. The summed E-state index contributed by atoms with van der Waals surface area (Å²) in [5.41, 5.74) is 2.73. The lowest BCUT2D eigenvalue weighted by atomic mass is 9.99. The van der Waals surface area contributed by atoms with Gasteiger partial charge >= 0.3 is 0 Å². The van der Waals surface area contributed by atoms with Crippen molar-refractivity contribution in [2.45, 2.75) is 52.6 Å². The summed E-state index contributed by atoms with van der Waals surface area (Å²) in [6.07, 6.45) is 6.57. The minimum Gasteiger partial charge on any atom is -0.314 e. The average molecular weight is 286 g/mol. The van der Waals surface area contributed by atoms with Crippen LogP contribution in [-0.4, -0.2) is 30.6 Å². The predicted octanol–water partition coefficient (Wildman–Crippen LogP) is 3.63. The molecule has 0 saturated heterocycles. The summed E-state index contributed by atoms with van der Waals surface area (Å²) in [5, 5.41) is 3.49. The second-order valence-electron chi connectivity index (χ2n) is 6.12. The molecule has 1 rings (SSSR count). The zero-order chi connectivity index (χ0) is 15.7. The number of rotatable bonds is 9. The SMILES string of the molecule is C#CCN(CCC)Cc1ccc(C(C)CNC(C)C)cc1. The van der Waals surface area contributed by atoms with Gasteiger partial charge in [-0.1, -0.05) is 57.9 Å². The maximum atomic E-state index is 5.44. The predicted molar refractivity (Wildman–Crippen MR) is 92.4 cm³/mol. The van der Waals surface area contributed by atoms with E-state index in [1.165, 1.54) is 11.1 Å². The van der Waals surface area contributed by atoms with Crippen molar-refractivity contribution in [3.8, 4) is 12.3 Å². The molecule has 0 heterocycles. The van der Waals surface area contributed by atoms with Crippen molar-refractivity contribution in [2.75, 3.05) is 19.6 Å². The van der Waals surface area contributed by atoms with Crippen molar-refractivity contribution in [1.29, 1.82) is 0 Å². The zero-order valence-corrected chi connectivity index (χ0v) is 14.0. The standard InChI is InChI=1S/C19H30N2/c1-6-12-21(13-7-2)15-18-8-10-19(11-9-18)17(5)14-20-16(3)4/h1,8-11,16-17,20H,7,12-15H2,2-5H3. The summed E-state index contributed by atoms with van der Waals surface area (Å²) in [5.74, 6) is 3.29. The third-order valence-corrected chi connectivity index (χ3v) is 3.64. The van der Waals surface area contributed by atoms with Crippen LogP contribution in [0, 0.1) is 12.3 Å². The van der Waals surface area contributed by atoms with E-state index in [0.717, 1.165) is 32.6 Å². The summed E-state index contributed by atoms with van der Waals surface area (Å²) >= 11 is 0. The van der Waals surface area contributed by atoms with Gasteiger partial charge in [-0.05, 0) is 30.0 Å². The van der Waals surface area contributed by atoms with Crippen LogP contribution in [0.4, 0.5) is 0 Å². The molecule has 0 spiro atoms. The van der Waals surface area contributed by atoms with E-state index in [-0.39, 0.29) is 0 Å². The van der Waals surface area contributed by atoms with Gasteiger partial charge in [0, 0.05) is 19.1 Å². The van der Waals surface area contributed by atoms with Gasteiger partial charge in [0.15, 0.2) is 0 Å². The number of nitrogens with zero attached hydrogens (tertiary/aromatic N) is 1. The van der Waals surface area contributed by atoms with Gasteiger partial charge < -0.3 is 5.32 Å². The van der Waals surface area contributed by atoms with Crippen LogP contribution in [-0.2, 0) is 6.54 Å². The normalized spacial score (nSPS) is 12.6. The Hall–Kier alpha value is -1.30. The maximum Gasteiger partial charge on any atom is 0.0601 e. The molecule has 2 nitrogen and oxygen atoms in total. The first-order valence-corrected chi connectivity index (χ1v) is 8.04. The molecule has 116 valence electrons. The monoisotopic (exact) mass is 286 g/mol. The molecule has 1 atom stereocenters. The molecule has 0 fully saturated rings. The van der Waals surface area contributed by atoms with E-state index < -0.39 is 0 Å². The fraction of sp³-hybridized carbons (Fsp3) is 0.579. The molecule has 0 bridgehead atoms. The molecule has 0 aromatic heterocycles. The van der Waals surface area contributed by atoms with Gasteiger partial charge in [0.05, 0.1) is 6.54 Å². The number of terminal acetylenes is 1. The third-order valence-electron chi connectivity index (χ3n) is 3.64. The van der Waals surface area contributed by atoms with Crippen molar-refractivity contribution in [3.05, 3.63) is 35.4 Å². The van der Waals surface area contributed by atoms with E-state index in [2.05, 4.69) is 68.1 Å². The molecule has 1 unspecified atom stereocenters. The Morgan fingerprint density at radius 2 is 1.86 bits per heavy atom. The summed E-state index contributed by atoms with van der Waals surface area (Å²) in [4.78, 5) is 2.32. The van der Waals surface area contributed by atoms with E-state index in [4.69, 9.17) is 6.42 Å². The molecule has 0 radical (unpaired) electrons. The van der Waals surface area contributed by atoms with Crippen molar-refractivity contribution in [1.82, 2.24) is 10.2 Å². The van der Waals surface area contributed by atoms with Gasteiger partial charge in [-0.25, -0.2) is 0 Å². The molecule has 0 aliphatic carbocycles. The second-order valence-corrected chi connectivity index (χ2v) is 6.12. The van der Waals surface area contributed by atoms with Crippen LogP contribution in [0.25, 0.3) is 0 Å². The van der Waals surface area contributed by atoms with Gasteiger partial charge in [0.2, 0.25) is 0 Å². The molecule has 0 aliphatic rings. The highest BCUT2D eigenvalue weighted by Gasteiger charge is 2.07. The van der Waals surface area contributed by atoms with Crippen LogP contribution in [0.2, 0.25) is 0 Å². The van der Waals surface area contributed by atoms with Crippen LogP contribution in [0.15, 0.2) is 24.3 Å². The van der Waals surface area contributed by atoms with Crippen LogP contribution >= 0.6 is 0 Å². The maximum absolute atomic E-state index is 5.44. The van der Waals surface area contributed by atoms with Crippen molar-refractivity contribution in [2.24, 2.45) is 0 Å². The quantitative estimate of drug-likeness (QED) is 0.697. The Morgan fingerprint density at radius 1 is 1.19 bits per heavy atom. The fourth-order valence-corrected chi connectivity index (χ4v) is 2.40. The summed E-state index contributed by atoms with van der Waals surface area (Å²) in [6, 6.07) is 9.52. The molecule has 2 heteroatoms.